The molecule has 0 unspecified atom stereocenters. The number of nitrogens with zero attached hydrogens (tertiary/aromatic N) is 2. The van der Waals surface area contributed by atoms with Crippen LogP contribution in [0.15, 0.2) is 11.4 Å². The van der Waals surface area contributed by atoms with Crippen LogP contribution in [0.25, 0.3) is 0 Å². The molecule has 6 nitrogen and oxygen atoms in total. The van der Waals surface area contributed by atoms with E-state index in [-0.39, 0.29) is 24.2 Å². The van der Waals surface area contributed by atoms with Crippen LogP contribution >= 0.6 is 11.6 Å². The first kappa shape index (κ1) is 20.8. The third kappa shape index (κ3) is 4.44. The molecule has 0 aromatic rings. The van der Waals surface area contributed by atoms with Gasteiger partial charge >= 0.3 is 5.06 Å². The first-order valence-corrected chi connectivity index (χ1v) is 9.47. The van der Waals surface area contributed by atoms with Gasteiger partial charge in [-0.3, -0.25) is 0 Å². The van der Waals surface area contributed by atoms with E-state index < -0.39 is 15.3 Å². The van der Waals surface area contributed by atoms with Crippen molar-refractivity contribution in [3.63, 3.8) is 0 Å². The number of hydrogen-bond acceptors (Lipinski definition) is 6. The molecule has 0 amide bonds. The van der Waals surface area contributed by atoms with E-state index in [4.69, 9.17) is 15.9 Å². The van der Waals surface area contributed by atoms with Crippen LogP contribution in [0, 0.1) is 10.2 Å². The molecule has 1 aliphatic rings. The van der Waals surface area contributed by atoms with Crippen molar-refractivity contribution >= 4 is 11.6 Å². The first-order chi connectivity index (χ1) is 10.2. The van der Waals surface area contributed by atoms with Crippen LogP contribution in [-0.4, -0.2) is 39.0 Å². The summed E-state index contributed by atoms with van der Waals surface area (Å²) in [6, 6.07) is 0.320. The van der Waals surface area contributed by atoms with Crippen molar-refractivity contribution in [3.05, 3.63) is 11.4 Å². The van der Waals surface area contributed by atoms with Crippen LogP contribution < -0.4 is 14.0 Å². The lowest BCUT2D eigenvalue weighted by Crippen LogP contribution is -2.63. The highest BCUT2D eigenvalue weighted by molar-refractivity contribution is 6.30. The van der Waals surface area contributed by atoms with E-state index in [1.807, 2.05) is 65.2 Å². The fourth-order valence-electron chi connectivity index (χ4n) is 3.22. The fourth-order valence-corrected chi connectivity index (χ4v) is 4.17. The van der Waals surface area contributed by atoms with E-state index in [1.54, 1.807) is 0 Å². The predicted octanol–water partition coefficient (Wildman–Crippen LogP) is 0.298. The fraction of sp³-hybridized carbons (Fsp3) is 0.867. The van der Waals surface area contributed by atoms with Gasteiger partial charge in [0.05, 0.1) is 10.2 Å². The van der Waals surface area contributed by atoms with Gasteiger partial charge in [0.1, 0.15) is 15.7 Å². The van der Waals surface area contributed by atoms with E-state index in [9.17, 15) is 14.0 Å². The molecule has 0 saturated carbocycles. The van der Waals surface area contributed by atoms with Gasteiger partial charge < -0.3 is 9.80 Å². The predicted molar refractivity (Wildman–Crippen MR) is 80.9 cm³/mol. The lowest BCUT2D eigenvalue weighted by molar-refractivity contribution is -1.92. The zero-order valence-electron chi connectivity index (χ0n) is 15.1. The smallest absolute Gasteiger partial charge is 0.364 e. The Labute approximate surface area is 146 Å². The Morgan fingerprint density at radius 1 is 0.783 bits per heavy atom. The lowest BCUT2D eigenvalue weighted by atomic mass is 10.2. The number of halogens is 2. The second-order valence-corrected chi connectivity index (χ2v) is 8.38. The average Bonchev–Trinajstić information content (AvgIpc) is 2.79. The van der Waals surface area contributed by atoms with Gasteiger partial charge in [-0.25, -0.2) is 0 Å². The molecule has 0 aliphatic heterocycles. The van der Waals surface area contributed by atoms with Crippen LogP contribution in [0.4, 0.5) is 0 Å². The van der Waals surface area contributed by atoms with Gasteiger partial charge in [0.2, 0.25) is 0 Å². The average molecular weight is 371 g/mol. The molecular formula is C15H28Cl2N2O4. The molecule has 0 radical (unpaired) electrons. The van der Waals surface area contributed by atoms with Crippen molar-refractivity contribution in [1.82, 2.24) is 9.80 Å². The summed E-state index contributed by atoms with van der Waals surface area (Å²) >= 11 is 6.46. The van der Waals surface area contributed by atoms with Crippen LogP contribution in [0.5, 0.6) is 0 Å². The first-order valence-electron chi connectivity index (χ1n) is 7.86. The minimum absolute atomic E-state index is 0.0800. The van der Waals surface area contributed by atoms with E-state index in [2.05, 4.69) is 0 Å². The monoisotopic (exact) mass is 370 g/mol. The molecule has 0 fully saturated rings. The van der Waals surface area contributed by atoms with E-state index in [0.717, 1.165) is 0 Å². The van der Waals surface area contributed by atoms with Gasteiger partial charge in [-0.2, -0.15) is 14.0 Å². The van der Waals surface area contributed by atoms with Crippen LogP contribution in [0.3, 0.4) is 0 Å². The summed E-state index contributed by atoms with van der Waals surface area (Å²) in [5, 5.41) is -1.72. The summed E-state index contributed by atoms with van der Waals surface area (Å²) in [5.41, 5.74) is 1.11. The van der Waals surface area contributed by atoms with Crippen LogP contribution in [0.2, 0.25) is 0 Å². The molecule has 1 rings (SSSR count). The zero-order chi connectivity index (χ0) is 18.3. The van der Waals surface area contributed by atoms with Gasteiger partial charge in [-0.15, -0.1) is 0 Å². The van der Waals surface area contributed by atoms with E-state index in [1.165, 1.54) is 0 Å². The summed E-state index contributed by atoms with van der Waals surface area (Å²) in [6.07, 6.45) is 0. The second kappa shape index (κ2) is 6.94. The SMILES string of the molecule is CC(C)N(C1=C(N(C(C)C)C(C)C)C1(Cl)O[Cl+3]([O-])([O-])[O-])C(C)C. The molecule has 0 saturated heterocycles. The quantitative estimate of drug-likeness (QED) is 0.571. The maximum atomic E-state index is 11.1. The Morgan fingerprint density at radius 3 is 1.22 bits per heavy atom. The molecule has 0 bridgehead atoms. The highest BCUT2D eigenvalue weighted by Gasteiger charge is 2.70. The summed E-state index contributed by atoms with van der Waals surface area (Å²) < 4.78 is 38.2. The number of hydrogen-bond donors (Lipinski definition) is 0. The summed E-state index contributed by atoms with van der Waals surface area (Å²) in [7, 11) is -4.64. The Kier molecular flexibility index (Phi) is 6.28. The van der Waals surface area contributed by atoms with Gasteiger partial charge in [0, 0.05) is 24.2 Å². The van der Waals surface area contributed by atoms with Crippen molar-refractivity contribution < 1.29 is 28.5 Å². The van der Waals surface area contributed by atoms with Crippen molar-refractivity contribution in [2.75, 3.05) is 0 Å². The normalized spacial score (nSPS) is 17.7. The highest BCUT2D eigenvalue weighted by Crippen LogP contribution is 2.57. The molecule has 0 aromatic carbocycles. The summed E-state index contributed by atoms with van der Waals surface area (Å²) in [5.74, 6) is 0. The molecule has 8 heteroatoms. The van der Waals surface area contributed by atoms with Gasteiger partial charge in [-0.1, -0.05) is 11.6 Å². The Bertz CT molecular complexity index is 413. The largest absolute Gasteiger partial charge is 0.379 e. The van der Waals surface area contributed by atoms with Crippen molar-refractivity contribution in [1.29, 1.82) is 0 Å². The number of alkyl halides is 1. The van der Waals surface area contributed by atoms with Crippen molar-refractivity contribution in [2.24, 2.45) is 0 Å². The highest BCUT2D eigenvalue weighted by atomic mass is 35.7. The third-order valence-electron chi connectivity index (χ3n) is 3.71. The molecule has 0 heterocycles. The molecule has 136 valence electrons. The Balaban J connectivity index is 3.34. The summed E-state index contributed by atoms with van der Waals surface area (Å²) in [4.78, 5) is 3.97. The standard InChI is InChI=1S/C15H28Cl2N2O4/c1-9(2)18(10(3)4)13-14(19(11(5)6)12(7)8)15(13,16)23-17(20,21)22/h9-12H,1-8H3. The Hall–Kier alpha value is -0.240. The second-order valence-electron chi connectivity index (χ2n) is 6.94. The minimum atomic E-state index is -4.64. The van der Waals surface area contributed by atoms with Gasteiger partial charge in [-0.05, 0) is 55.4 Å². The van der Waals surface area contributed by atoms with Crippen molar-refractivity contribution in [3.8, 4) is 0 Å². The van der Waals surface area contributed by atoms with Crippen LogP contribution in [-0.2, 0) is 4.29 Å². The minimum Gasteiger partial charge on any atom is -0.364 e. The molecule has 0 N–H and O–H groups in total. The molecule has 0 aromatic heterocycles. The summed E-state index contributed by atoms with van der Waals surface area (Å²) in [6.45, 7) is 15.9. The third-order valence-corrected chi connectivity index (χ3v) is 4.65. The number of rotatable bonds is 8. The van der Waals surface area contributed by atoms with E-state index in [0.29, 0.717) is 11.4 Å². The molecule has 1 aliphatic carbocycles. The Morgan fingerprint density at radius 2 is 1.04 bits per heavy atom. The molecule has 0 atom stereocenters. The maximum absolute atomic E-state index is 11.1. The molecular weight excluding hydrogens is 343 g/mol. The zero-order valence-corrected chi connectivity index (χ0v) is 16.6. The lowest BCUT2D eigenvalue weighted by Gasteiger charge is -2.32. The van der Waals surface area contributed by atoms with Crippen LogP contribution in [0.1, 0.15) is 55.4 Å². The topological polar surface area (TPSA) is 84.9 Å². The molecule has 23 heavy (non-hydrogen) atoms. The maximum Gasteiger partial charge on any atom is 0.379 e. The van der Waals surface area contributed by atoms with Gasteiger partial charge in [0.15, 0.2) is 0 Å². The van der Waals surface area contributed by atoms with E-state index >= 15 is 0 Å². The van der Waals surface area contributed by atoms with Crippen molar-refractivity contribution in [2.45, 2.75) is 84.6 Å². The van der Waals surface area contributed by atoms with Gasteiger partial charge in [0.25, 0.3) is 0 Å². The molecule has 0 spiro atoms.